The number of nitrogens with zero attached hydrogens (tertiary/aromatic N) is 1. The van der Waals surface area contributed by atoms with Gasteiger partial charge in [-0.2, -0.15) is 0 Å². The molecule has 8 nitrogen and oxygen atoms in total. The second-order valence-corrected chi connectivity index (χ2v) is 8.86. The molecular weight excluding hydrogens is 346 g/mol. The standard InChI is InChI=1S/C16H31N3O5S/c1-5-24-16(21)18-14(10-12(2)3)11-17-15(20)13-6-8-19(9-7-13)25(4,22)23/h12-14H,5-11H2,1-4H3,(H,17,20)(H,18,21). The quantitative estimate of drug-likeness (QED) is 0.655. The first-order valence-corrected chi connectivity index (χ1v) is 10.6. The SMILES string of the molecule is CCOC(=O)NC(CNC(=O)C1CCN(S(C)(=O)=O)CC1)CC(C)C. The van der Waals surface area contributed by atoms with E-state index in [0.717, 1.165) is 6.42 Å². The van der Waals surface area contributed by atoms with Crippen LogP contribution < -0.4 is 10.6 Å². The number of alkyl carbamates (subject to hydrolysis) is 1. The fourth-order valence-electron chi connectivity index (χ4n) is 2.92. The van der Waals surface area contributed by atoms with Crippen LogP contribution in [0.15, 0.2) is 0 Å². The summed E-state index contributed by atoms with van der Waals surface area (Å²) in [6.45, 7) is 7.20. The van der Waals surface area contributed by atoms with Gasteiger partial charge in [0.1, 0.15) is 0 Å². The average Bonchev–Trinajstić information content (AvgIpc) is 2.51. The molecule has 1 aliphatic heterocycles. The minimum absolute atomic E-state index is 0.0902. The maximum Gasteiger partial charge on any atom is 0.407 e. The molecule has 0 aromatic rings. The van der Waals surface area contributed by atoms with Crippen molar-refractivity contribution in [3.05, 3.63) is 0 Å². The van der Waals surface area contributed by atoms with Gasteiger partial charge in [-0.15, -0.1) is 0 Å². The highest BCUT2D eigenvalue weighted by atomic mass is 32.2. The van der Waals surface area contributed by atoms with Gasteiger partial charge in [0.15, 0.2) is 0 Å². The van der Waals surface area contributed by atoms with Gasteiger partial charge in [-0.3, -0.25) is 4.79 Å². The highest BCUT2D eigenvalue weighted by molar-refractivity contribution is 7.88. The Morgan fingerprint density at radius 3 is 2.32 bits per heavy atom. The van der Waals surface area contributed by atoms with E-state index < -0.39 is 16.1 Å². The molecule has 0 radical (unpaired) electrons. The van der Waals surface area contributed by atoms with Crippen LogP contribution in [0.3, 0.4) is 0 Å². The molecule has 1 atom stereocenters. The molecule has 1 rings (SSSR count). The van der Waals surface area contributed by atoms with E-state index in [9.17, 15) is 18.0 Å². The number of hydrogen-bond acceptors (Lipinski definition) is 5. The van der Waals surface area contributed by atoms with Crippen LogP contribution >= 0.6 is 0 Å². The number of piperidine rings is 1. The van der Waals surface area contributed by atoms with Crippen molar-refractivity contribution in [1.29, 1.82) is 0 Å². The third-order valence-corrected chi connectivity index (χ3v) is 5.47. The third kappa shape index (κ3) is 8.04. The maximum absolute atomic E-state index is 12.3. The van der Waals surface area contributed by atoms with Crippen molar-refractivity contribution in [2.75, 3.05) is 32.5 Å². The lowest BCUT2D eigenvalue weighted by molar-refractivity contribution is -0.126. The zero-order valence-electron chi connectivity index (χ0n) is 15.6. The minimum atomic E-state index is -3.19. The Morgan fingerprint density at radius 2 is 1.84 bits per heavy atom. The molecular formula is C16H31N3O5S. The van der Waals surface area contributed by atoms with Gasteiger partial charge in [-0.1, -0.05) is 13.8 Å². The molecule has 0 aromatic carbocycles. The van der Waals surface area contributed by atoms with Crippen LogP contribution in [0, 0.1) is 11.8 Å². The summed E-state index contributed by atoms with van der Waals surface area (Å²) in [5.74, 6) is 0.0784. The fourth-order valence-corrected chi connectivity index (χ4v) is 3.79. The molecule has 0 aromatic heterocycles. The molecule has 0 bridgehead atoms. The van der Waals surface area contributed by atoms with Crippen molar-refractivity contribution < 1.29 is 22.7 Å². The highest BCUT2D eigenvalue weighted by Crippen LogP contribution is 2.19. The first-order chi connectivity index (χ1) is 11.6. The number of sulfonamides is 1. The second kappa shape index (κ2) is 9.96. The summed E-state index contributed by atoms with van der Waals surface area (Å²) in [5.41, 5.74) is 0. The van der Waals surface area contributed by atoms with Crippen molar-refractivity contribution in [3.63, 3.8) is 0 Å². The molecule has 25 heavy (non-hydrogen) atoms. The fraction of sp³-hybridized carbons (Fsp3) is 0.875. The summed E-state index contributed by atoms with van der Waals surface area (Å²) in [4.78, 5) is 23.9. The smallest absolute Gasteiger partial charge is 0.407 e. The van der Waals surface area contributed by atoms with E-state index in [1.54, 1.807) is 6.92 Å². The summed E-state index contributed by atoms with van der Waals surface area (Å²) < 4.78 is 29.3. The van der Waals surface area contributed by atoms with Crippen LogP contribution in [0.5, 0.6) is 0 Å². The van der Waals surface area contributed by atoms with Gasteiger partial charge in [0.05, 0.1) is 12.9 Å². The molecule has 1 unspecified atom stereocenters. The Labute approximate surface area is 150 Å². The van der Waals surface area contributed by atoms with Gasteiger partial charge in [0.25, 0.3) is 0 Å². The number of hydrogen-bond donors (Lipinski definition) is 2. The Kier molecular flexibility index (Phi) is 8.64. The highest BCUT2D eigenvalue weighted by Gasteiger charge is 2.29. The Bertz CT molecular complexity index is 542. The van der Waals surface area contributed by atoms with Crippen molar-refractivity contribution in [3.8, 4) is 0 Å². The average molecular weight is 378 g/mol. The Hall–Kier alpha value is -1.35. The Morgan fingerprint density at radius 1 is 1.24 bits per heavy atom. The lowest BCUT2D eigenvalue weighted by Gasteiger charge is -2.30. The van der Waals surface area contributed by atoms with Crippen LogP contribution in [0.25, 0.3) is 0 Å². The first kappa shape index (κ1) is 21.7. The van der Waals surface area contributed by atoms with Gasteiger partial charge in [0, 0.05) is 31.6 Å². The molecule has 1 aliphatic rings. The molecule has 2 amide bonds. The molecule has 0 saturated carbocycles. The van der Waals surface area contributed by atoms with Gasteiger partial charge in [-0.25, -0.2) is 17.5 Å². The second-order valence-electron chi connectivity index (χ2n) is 6.87. The van der Waals surface area contributed by atoms with Crippen LogP contribution in [0.1, 0.15) is 40.0 Å². The lowest BCUT2D eigenvalue weighted by atomic mass is 9.97. The number of rotatable bonds is 8. The van der Waals surface area contributed by atoms with Crippen molar-refractivity contribution in [1.82, 2.24) is 14.9 Å². The molecule has 1 heterocycles. The van der Waals surface area contributed by atoms with Crippen LogP contribution in [0.4, 0.5) is 4.79 Å². The van der Waals surface area contributed by atoms with Gasteiger partial charge in [0.2, 0.25) is 15.9 Å². The monoisotopic (exact) mass is 377 g/mol. The largest absolute Gasteiger partial charge is 0.450 e. The number of carbonyl (C=O) groups excluding carboxylic acids is 2. The molecule has 146 valence electrons. The van der Waals surface area contributed by atoms with Gasteiger partial charge in [-0.05, 0) is 32.1 Å². The van der Waals surface area contributed by atoms with Crippen LogP contribution in [-0.2, 0) is 19.6 Å². The molecule has 1 saturated heterocycles. The summed E-state index contributed by atoms with van der Waals surface area (Å²) in [7, 11) is -3.19. The summed E-state index contributed by atoms with van der Waals surface area (Å²) in [6.07, 6.45) is 2.46. The van der Waals surface area contributed by atoms with E-state index in [-0.39, 0.29) is 17.9 Å². The number of nitrogens with one attached hydrogen (secondary N) is 2. The van der Waals surface area contributed by atoms with Gasteiger partial charge >= 0.3 is 6.09 Å². The van der Waals surface area contributed by atoms with E-state index in [0.29, 0.717) is 45.0 Å². The first-order valence-electron chi connectivity index (χ1n) is 8.79. The van der Waals surface area contributed by atoms with E-state index in [1.165, 1.54) is 10.6 Å². The molecule has 0 spiro atoms. The molecule has 1 fully saturated rings. The van der Waals surface area contributed by atoms with E-state index >= 15 is 0 Å². The molecule has 2 N–H and O–H groups in total. The predicted molar refractivity (Wildman–Crippen MR) is 95.6 cm³/mol. The maximum atomic E-state index is 12.3. The minimum Gasteiger partial charge on any atom is -0.450 e. The normalized spacial score (nSPS) is 18.0. The topological polar surface area (TPSA) is 105 Å². The van der Waals surface area contributed by atoms with E-state index in [2.05, 4.69) is 10.6 Å². The third-order valence-electron chi connectivity index (χ3n) is 4.17. The zero-order chi connectivity index (χ0) is 19.0. The van der Waals surface area contributed by atoms with Gasteiger partial charge < -0.3 is 15.4 Å². The van der Waals surface area contributed by atoms with E-state index in [1.807, 2.05) is 13.8 Å². The zero-order valence-corrected chi connectivity index (χ0v) is 16.4. The Balaban J connectivity index is 2.47. The predicted octanol–water partition coefficient (Wildman–Crippen LogP) is 0.935. The summed E-state index contributed by atoms with van der Waals surface area (Å²) >= 11 is 0. The summed E-state index contributed by atoms with van der Waals surface area (Å²) in [5, 5.41) is 5.65. The number of amides is 2. The summed E-state index contributed by atoms with van der Waals surface area (Å²) in [6, 6.07) is -0.195. The van der Waals surface area contributed by atoms with Crippen molar-refractivity contribution in [2.24, 2.45) is 11.8 Å². The van der Waals surface area contributed by atoms with Crippen LogP contribution in [-0.4, -0.2) is 63.3 Å². The number of carbonyl (C=O) groups is 2. The lowest BCUT2D eigenvalue weighted by Crippen LogP contribution is -2.47. The van der Waals surface area contributed by atoms with Crippen LogP contribution in [0.2, 0.25) is 0 Å². The molecule has 9 heteroatoms. The van der Waals surface area contributed by atoms with Crippen molar-refractivity contribution >= 4 is 22.0 Å². The van der Waals surface area contributed by atoms with E-state index in [4.69, 9.17) is 4.74 Å². The van der Waals surface area contributed by atoms with Crippen molar-refractivity contribution in [2.45, 2.75) is 46.1 Å². The number of ether oxygens (including phenoxy) is 1. The molecule has 0 aliphatic carbocycles.